The van der Waals surface area contributed by atoms with Crippen molar-refractivity contribution in [2.45, 2.75) is 147 Å². The summed E-state index contributed by atoms with van der Waals surface area (Å²) in [5.41, 5.74) is 33.0. The Labute approximate surface area is 479 Å². The van der Waals surface area contributed by atoms with Crippen LogP contribution in [-0.4, -0.2) is 0 Å². The van der Waals surface area contributed by atoms with E-state index in [2.05, 4.69) is 279 Å². The highest BCUT2D eigenvalue weighted by Crippen LogP contribution is 2.65. The van der Waals surface area contributed by atoms with Gasteiger partial charge in [-0.15, -0.1) is 0 Å². The van der Waals surface area contributed by atoms with Crippen molar-refractivity contribution < 1.29 is 0 Å². The third kappa shape index (κ3) is 8.42. The summed E-state index contributed by atoms with van der Waals surface area (Å²) < 4.78 is 0. The summed E-state index contributed by atoms with van der Waals surface area (Å²) in [5.74, 6) is 1.75. The van der Waals surface area contributed by atoms with Crippen LogP contribution in [0.1, 0.15) is 175 Å². The zero-order valence-electron chi connectivity index (χ0n) is 50.8. The van der Waals surface area contributed by atoms with Crippen LogP contribution in [0.3, 0.4) is 0 Å². The Morgan fingerprint density at radius 2 is 0.725 bits per heavy atom. The van der Waals surface area contributed by atoms with Gasteiger partial charge >= 0.3 is 0 Å². The molecule has 9 aromatic rings. The van der Waals surface area contributed by atoms with Crippen molar-refractivity contribution >= 4 is 61.2 Å². The Balaban J connectivity index is 1.17. The molecular formula is C78H82N2. The molecule has 9 aromatic carbocycles. The molecule has 0 saturated carbocycles. The standard InChI is InChI=1S/C78H82N2/c1-19-23-66-67-24-21-22-25-71(67)78(70(66)20-2)76-64-32-28-58(79(60-34-48(11)72(44(3)4)49(12)35-60)61-36-50(13)73(45(5)6)51(14)37-61)42-56(64)26-30-68(76)69-31-27-57-43-59(29-33-65(57)77(69)78)80(62-38-52(15)74(46(7)8)53(16)39-62)63-40-54(17)75(47(9)10)55(18)41-63/h19-47H,2H2,1,3-18H3/b23-19-. The van der Waals surface area contributed by atoms with Crippen molar-refractivity contribution in [2.75, 3.05) is 9.80 Å². The first-order valence-corrected chi connectivity index (χ1v) is 29.5. The molecule has 80 heavy (non-hydrogen) atoms. The molecule has 0 heterocycles. The van der Waals surface area contributed by atoms with Crippen molar-refractivity contribution in [3.05, 3.63) is 253 Å². The second-order valence-corrected chi connectivity index (χ2v) is 24.9. The minimum Gasteiger partial charge on any atom is -0.310 e. The maximum atomic E-state index is 4.71. The molecular weight excluding hydrogens is 965 g/mol. The highest BCUT2D eigenvalue weighted by atomic mass is 15.1. The Hall–Kier alpha value is -7.68. The molecule has 0 aromatic heterocycles. The van der Waals surface area contributed by atoms with E-state index >= 15 is 0 Å². The Morgan fingerprint density at radius 1 is 0.388 bits per heavy atom. The minimum absolute atomic E-state index is 0.436. The van der Waals surface area contributed by atoms with E-state index in [1.165, 1.54) is 156 Å². The van der Waals surface area contributed by atoms with Gasteiger partial charge in [0, 0.05) is 34.1 Å². The van der Waals surface area contributed by atoms with Gasteiger partial charge in [-0.05, 0) is 292 Å². The van der Waals surface area contributed by atoms with Gasteiger partial charge in [0.25, 0.3) is 0 Å². The van der Waals surface area contributed by atoms with Crippen LogP contribution in [0.25, 0.3) is 38.2 Å². The van der Waals surface area contributed by atoms with Crippen LogP contribution in [0.5, 0.6) is 0 Å². The van der Waals surface area contributed by atoms with Crippen LogP contribution >= 0.6 is 0 Å². The molecule has 2 heteroatoms. The van der Waals surface area contributed by atoms with Crippen LogP contribution in [0.2, 0.25) is 0 Å². The Kier molecular flexibility index (Phi) is 13.9. The number of hydrogen-bond acceptors (Lipinski definition) is 2. The number of rotatable bonds is 12. The third-order valence-corrected chi connectivity index (χ3v) is 18.1. The monoisotopic (exact) mass is 1050 g/mol. The van der Waals surface area contributed by atoms with Gasteiger partial charge in [-0.2, -0.15) is 0 Å². The van der Waals surface area contributed by atoms with Crippen molar-refractivity contribution in [2.24, 2.45) is 0 Å². The van der Waals surface area contributed by atoms with E-state index in [-0.39, 0.29) is 0 Å². The van der Waals surface area contributed by atoms with E-state index < -0.39 is 5.41 Å². The molecule has 0 N–H and O–H groups in total. The molecule has 2 aliphatic carbocycles. The molecule has 2 nitrogen and oxygen atoms in total. The lowest BCUT2D eigenvalue weighted by atomic mass is 9.67. The number of anilines is 6. The van der Waals surface area contributed by atoms with Crippen LogP contribution in [0.15, 0.2) is 164 Å². The summed E-state index contributed by atoms with van der Waals surface area (Å²) in [6, 6.07) is 52.6. The lowest BCUT2D eigenvalue weighted by molar-refractivity contribution is 0.802. The number of hydrogen-bond donors (Lipinski definition) is 0. The SMILES string of the molecule is C=CC1=C(/C=C\C)c2ccccc2C12c1c(ccc3cc(N(c4cc(C)c(C(C)C)c(C)c4)c4cc(C)c(C(C)C)c(C)c4)ccc13)-c1ccc3cc(N(c4cc(C)c(C(C)C)c(C)c4)c4cc(C)c(C(C)C)c(C)c4)ccc3c12. The quantitative estimate of drug-likeness (QED) is 0.120. The smallest absolute Gasteiger partial charge is 0.0737 e. The van der Waals surface area contributed by atoms with Gasteiger partial charge in [0.05, 0.1) is 5.41 Å². The second-order valence-electron chi connectivity index (χ2n) is 24.9. The molecule has 11 rings (SSSR count). The lowest BCUT2D eigenvalue weighted by Crippen LogP contribution is -2.27. The van der Waals surface area contributed by atoms with E-state index in [4.69, 9.17) is 6.58 Å². The van der Waals surface area contributed by atoms with Gasteiger partial charge in [0.1, 0.15) is 0 Å². The lowest BCUT2D eigenvalue weighted by Gasteiger charge is -2.34. The van der Waals surface area contributed by atoms with Gasteiger partial charge in [0.15, 0.2) is 0 Å². The van der Waals surface area contributed by atoms with E-state index in [0.29, 0.717) is 23.7 Å². The number of fused-ring (bicyclic) bond motifs is 11. The summed E-state index contributed by atoms with van der Waals surface area (Å²) in [6.45, 7) is 43.6. The predicted octanol–water partition coefficient (Wildman–Crippen LogP) is 22.7. The van der Waals surface area contributed by atoms with Gasteiger partial charge in [-0.3, -0.25) is 0 Å². The van der Waals surface area contributed by atoms with Crippen LogP contribution in [0.4, 0.5) is 34.1 Å². The topological polar surface area (TPSA) is 6.48 Å². The normalized spacial score (nSPS) is 13.6. The highest BCUT2D eigenvalue weighted by molar-refractivity contribution is 6.11. The van der Waals surface area contributed by atoms with E-state index in [1.54, 1.807) is 0 Å². The first-order valence-electron chi connectivity index (χ1n) is 29.5. The largest absolute Gasteiger partial charge is 0.310 e. The molecule has 404 valence electrons. The van der Waals surface area contributed by atoms with E-state index in [0.717, 1.165) is 11.4 Å². The molecule has 1 spiro atoms. The summed E-state index contributed by atoms with van der Waals surface area (Å²) in [6.07, 6.45) is 6.69. The predicted molar refractivity (Wildman–Crippen MR) is 349 cm³/mol. The average Bonchev–Trinajstić information content (AvgIpc) is 2.86. The maximum absolute atomic E-state index is 4.71. The third-order valence-electron chi connectivity index (χ3n) is 18.1. The van der Waals surface area contributed by atoms with E-state index in [9.17, 15) is 0 Å². The van der Waals surface area contributed by atoms with Crippen molar-refractivity contribution in [3.63, 3.8) is 0 Å². The van der Waals surface area contributed by atoms with E-state index in [1.807, 2.05) is 0 Å². The molecule has 0 saturated heterocycles. The van der Waals surface area contributed by atoms with Crippen LogP contribution < -0.4 is 9.80 Å². The van der Waals surface area contributed by atoms with Crippen molar-refractivity contribution in [3.8, 4) is 11.1 Å². The number of nitrogens with zero attached hydrogens (tertiary/aromatic N) is 2. The molecule has 0 aliphatic heterocycles. The maximum Gasteiger partial charge on any atom is 0.0737 e. The summed E-state index contributed by atoms with van der Waals surface area (Å²) in [7, 11) is 0. The first kappa shape index (κ1) is 54.3. The fourth-order valence-electron chi connectivity index (χ4n) is 15.8. The van der Waals surface area contributed by atoms with Gasteiger partial charge < -0.3 is 9.80 Å². The molecule has 0 fully saturated rings. The van der Waals surface area contributed by atoms with Gasteiger partial charge in [-0.25, -0.2) is 0 Å². The summed E-state index contributed by atoms with van der Waals surface area (Å²) in [4.78, 5) is 5.01. The second kappa shape index (κ2) is 20.5. The van der Waals surface area contributed by atoms with Crippen LogP contribution in [0, 0.1) is 55.4 Å². The fourth-order valence-corrected chi connectivity index (χ4v) is 15.8. The Bertz CT molecular complexity index is 3650. The Morgan fingerprint density at radius 3 is 1.04 bits per heavy atom. The molecule has 0 radical (unpaired) electrons. The molecule has 2 aliphatic rings. The van der Waals surface area contributed by atoms with Crippen molar-refractivity contribution in [1.29, 1.82) is 0 Å². The van der Waals surface area contributed by atoms with Crippen LogP contribution in [-0.2, 0) is 5.41 Å². The minimum atomic E-state index is -0.650. The summed E-state index contributed by atoms with van der Waals surface area (Å²) in [5, 5.41) is 4.93. The molecule has 0 unspecified atom stereocenters. The number of benzene rings is 9. The average molecular weight is 1050 g/mol. The first-order chi connectivity index (χ1) is 38.2. The number of allylic oxidation sites excluding steroid dienone is 5. The van der Waals surface area contributed by atoms with Gasteiger partial charge in [0.2, 0.25) is 0 Å². The number of aryl methyl sites for hydroxylation is 8. The molecule has 0 bridgehead atoms. The van der Waals surface area contributed by atoms with Crippen molar-refractivity contribution in [1.82, 2.24) is 0 Å². The fraction of sp³-hybridized carbons (Fsp3) is 0.282. The van der Waals surface area contributed by atoms with Gasteiger partial charge in [-0.1, -0.05) is 141 Å². The zero-order chi connectivity index (χ0) is 57.0. The molecule has 0 amide bonds. The summed E-state index contributed by atoms with van der Waals surface area (Å²) >= 11 is 0. The molecule has 0 atom stereocenters. The zero-order valence-corrected chi connectivity index (χ0v) is 50.8. The highest BCUT2D eigenvalue weighted by Gasteiger charge is 2.53.